The number of benzene rings is 3. The van der Waals surface area contributed by atoms with E-state index in [9.17, 15) is 9.18 Å². The number of para-hydroxylation sites is 1. The Hall–Kier alpha value is -3.57. The molecule has 0 bridgehead atoms. The lowest BCUT2D eigenvalue weighted by atomic mass is 10.0. The molecule has 1 N–H and O–H groups in total. The molecule has 0 aliphatic carbocycles. The van der Waals surface area contributed by atoms with Crippen LogP contribution in [-0.2, 0) is 0 Å². The molecule has 1 aromatic heterocycles. The maximum absolute atomic E-state index is 13.0. The summed E-state index contributed by atoms with van der Waals surface area (Å²) in [5, 5.41) is 5.33. The first-order valence-electron chi connectivity index (χ1n) is 8.85. The van der Waals surface area contributed by atoms with E-state index in [0.717, 1.165) is 10.9 Å². The summed E-state index contributed by atoms with van der Waals surface area (Å²) in [6.07, 6.45) is 1.46. The average Bonchev–Trinajstić information content (AvgIpc) is 2.75. The summed E-state index contributed by atoms with van der Waals surface area (Å²) in [6, 6.07) is 22.2. The van der Waals surface area contributed by atoms with Gasteiger partial charge in [-0.1, -0.05) is 54.1 Å². The van der Waals surface area contributed by atoms with Gasteiger partial charge in [-0.2, -0.15) is 5.10 Å². The topological polar surface area (TPSA) is 54.4 Å². The van der Waals surface area contributed by atoms with Crippen LogP contribution in [0.5, 0.6) is 0 Å². The Morgan fingerprint density at radius 2 is 1.72 bits per heavy atom. The number of fused-ring (bicyclic) bond motifs is 1. The second kappa shape index (κ2) is 8.20. The Labute approximate surface area is 171 Å². The molecule has 0 unspecified atom stereocenters. The van der Waals surface area contributed by atoms with Gasteiger partial charge in [-0.05, 0) is 42.0 Å². The number of amides is 1. The van der Waals surface area contributed by atoms with E-state index >= 15 is 0 Å². The molecule has 0 spiro atoms. The predicted octanol–water partition coefficient (Wildman–Crippen LogP) is 5.46. The first kappa shape index (κ1) is 18.8. The van der Waals surface area contributed by atoms with Crippen LogP contribution in [0.1, 0.15) is 15.9 Å². The largest absolute Gasteiger partial charge is 0.272 e. The maximum Gasteiger partial charge on any atom is 0.272 e. The van der Waals surface area contributed by atoms with E-state index in [1.54, 1.807) is 30.3 Å². The third kappa shape index (κ3) is 4.31. The maximum atomic E-state index is 13.0. The highest BCUT2D eigenvalue weighted by atomic mass is 35.5. The van der Waals surface area contributed by atoms with Gasteiger partial charge in [0.15, 0.2) is 0 Å². The number of rotatable bonds is 4. The third-order valence-electron chi connectivity index (χ3n) is 4.35. The van der Waals surface area contributed by atoms with E-state index in [1.165, 1.54) is 18.3 Å². The monoisotopic (exact) mass is 403 g/mol. The molecular formula is C23H15ClFN3O. The van der Waals surface area contributed by atoms with E-state index < -0.39 is 0 Å². The van der Waals surface area contributed by atoms with Gasteiger partial charge in [0.25, 0.3) is 5.91 Å². The number of carbonyl (C=O) groups excluding carboxylic acids is 1. The number of carbonyl (C=O) groups is 1. The van der Waals surface area contributed by atoms with Gasteiger partial charge in [0.1, 0.15) is 5.82 Å². The van der Waals surface area contributed by atoms with Crippen LogP contribution >= 0.6 is 11.6 Å². The van der Waals surface area contributed by atoms with Gasteiger partial charge in [0, 0.05) is 16.0 Å². The molecule has 0 aliphatic heterocycles. The molecule has 1 amide bonds. The van der Waals surface area contributed by atoms with Crippen molar-refractivity contribution >= 4 is 34.6 Å². The molecule has 4 aromatic rings. The number of hydrazone groups is 1. The Kier molecular flexibility index (Phi) is 5.31. The van der Waals surface area contributed by atoms with Crippen LogP contribution in [0, 0.1) is 5.82 Å². The van der Waals surface area contributed by atoms with Crippen molar-refractivity contribution in [2.75, 3.05) is 0 Å². The van der Waals surface area contributed by atoms with Gasteiger partial charge >= 0.3 is 0 Å². The van der Waals surface area contributed by atoms with Crippen LogP contribution < -0.4 is 5.43 Å². The Bertz CT molecular complexity index is 1210. The van der Waals surface area contributed by atoms with Gasteiger partial charge in [0.2, 0.25) is 0 Å². The Balaban J connectivity index is 1.67. The number of nitrogens with zero attached hydrogens (tertiary/aromatic N) is 2. The second-order valence-corrected chi connectivity index (χ2v) is 6.77. The van der Waals surface area contributed by atoms with Crippen LogP contribution in [0.15, 0.2) is 84.0 Å². The summed E-state index contributed by atoms with van der Waals surface area (Å²) >= 11 is 5.97. The van der Waals surface area contributed by atoms with Crippen LogP contribution in [-0.4, -0.2) is 17.1 Å². The zero-order valence-corrected chi connectivity index (χ0v) is 15.9. The fourth-order valence-corrected chi connectivity index (χ4v) is 3.03. The normalized spacial score (nSPS) is 11.1. The smallest absolute Gasteiger partial charge is 0.267 e. The Morgan fingerprint density at radius 1 is 1.00 bits per heavy atom. The molecule has 142 valence electrons. The van der Waals surface area contributed by atoms with Crippen molar-refractivity contribution in [3.63, 3.8) is 0 Å². The van der Waals surface area contributed by atoms with Gasteiger partial charge < -0.3 is 0 Å². The molecule has 4 rings (SSSR count). The highest BCUT2D eigenvalue weighted by molar-refractivity contribution is 6.30. The lowest BCUT2D eigenvalue weighted by molar-refractivity contribution is 0.0956. The predicted molar refractivity (Wildman–Crippen MR) is 114 cm³/mol. The minimum absolute atomic E-state index is 0.329. The van der Waals surface area contributed by atoms with E-state index in [4.69, 9.17) is 11.6 Å². The summed E-state index contributed by atoms with van der Waals surface area (Å²) in [6.45, 7) is 0. The Morgan fingerprint density at radius 3 is 2.48 bits per heavy atom. The summed E-state index contributed by atoms with van der Waals surface area (Å²) < 4.78 is 13.0. The molecule has 0 saturated heterocycles. The summed E-state index contributed by atoms with van der Waals surface area (Å²) in [5.41, 5.74) is 5.87. The van der Waals surface area contributed by atoms with Crippen LogP contribution in [0.2, 0.25) is 5.02 Å². The van der Waals surface area contributed by atoms with Crippen molar-refractivity contribution in [1.29, 1.82) is 0 Å². The highest BCUT2D eigenvalue weighted by Gasteiger charge is 2.13. The zero-order chi connectivity index (χ0) is 20.2. The molecule has 0 atom stereocenters. The quantitative estimate of drug-likeness (QED) is 0.363. The third-order valence-corrected chi connectivity index (χ3v) is 4.60. The molecule has 0 fully saturated rings. The van der Waals surface area contributed by atoms with Crippen molar-refractivity contribution in [3.05, 3.63) is 101 Å². The molecule has 0 saturated carbocycles. The molecule has 3 aromatic carbocycles. The lowest BCUT2D eigenvalue weighted by Crippen LogP contribution is -2.18. The lowest BCUT2D eigenvalue weighted by Gasteiger charge is -2.09. The molecule has 0 radical (unpaired) electrons. The summed E-state index contributed by atoms with van der Waals surface area (Å²) in [4.78, 5) is 17.5. The van der Waals surface area contributed by atoms with E-state index in [2.05, 4.69) is 15.5 Å². The summed E-state index contributed by atoms with van der Waals surface area (Å²) in [7, 11) is 0. The zero-order valence-electron chi connectivity index (χ0n) is 15.1. The van der Waals surface area contributed by atoms with Crippen molar-refractivity contribution in [1.82, 2.24) is 10.4 Å². The second-order valence-electron chi connectivity index (χ2n) is 6.33. The molecule has 29 heavy (non-hydrogen) atoms. The number of pyridine rings is 1. The van der Waals surface area contributed by atoms with Gasteiger partial charge in [-0.15, -0.1) is 0 Å². The number of aromatic nitrogens is 1. The van der Waals surface area contributed by atoms with Crippen molar-refractivity contribution in [3.8, 4) is 11.3 Å². The number of halogens is 2. The highest BCUT2D eigenvalue weighted by Crippen LogP contribution is 2.26. The van der Waals surface area contributed by atoms with Gasteiger partial charge in [-0.25, -0.2) is 14.8 Å². The van der Waals surface area contributed by atoms with E-state index in [1.807, 2.05) is 36.4 Å². The number of hydrogen-bond acceptors (Lipinski definition) is 3. The van der Waals surface area contributed by atoms with Crippen LogP contribution in [0.4, 0.5) is 4.39 Å². The van der Waals surface area contributed by atoms with Crippen molar-refractivity contribution in [2.45, 2.75) is 0 Å². The van der Waals surface area contributed by atoms with E-state index in [-0.39, 0.29) is 11.7 Å². The molecule has 0 aliphatic rings. The van der Waals surface area contributed by atoms with Crippen molar-refractivity contribution in [2.24, 2.45) is 5.10 Å². The minimum Gasteiger partial charge on any atom is -0.267 e. The number of nitrogens with one attached hydrogen (secondary N) is 1. The first-order valence-corrected chi connectivity index (χ1v) is 9.23. The van der Waals surface area contributed by atoms with Gasteiger partial charge in [0.05, 0.1) is 23.0 Å². The number of hydrogen-bond donors (Lipinski definition) is 1. The van der Waals surface area contributed by atoms with E-state index in [0.29, 0.717) is 27.4 Å². The first-order chi connectivity index (χ1) is 14.1. The van der Waals surface area contributed by atoms with Crippen LogP contribution in [0.3, 0.4) is 0 Å². The SMILES string of the molecule is O=C(N/N=C/c1ccc(F)cc1)c1cc(-c2ccc(Cl)cc2)nc2ccccc12. The molecule has 1 heterocycles. The fraction of sp³-hybridized carbons (Fsp3) is 0. The fourth-order valence-electron chi connectivity index (χ4n) is 2.91. The average molecular weight is 404 g/mol. The van der Waals surface area contributed by atoms with Crippen molar-refractivity contribution < 1.29 is 9.18 Å². The molecule has 6 heteroatoms. The standard InChI is InChI=1S/C23H15ClFN3O/c24-17-9-7-16(8-10-17)22-13-20(19-3-1-2-4-21(19)27-22)23(29)28-26-14-15-5-11-18(25)12-6-15/h1-14H,(H,28,29)/b26-14+. The van der Waals surface area contributed by atoms with Gasteiger partial charge in [-0.3, -0.25) is 4.79 Å². The van der Waals surface area contributed by atoms with Crippen LogP contribution in [0.25, 0.3) is 22.2 Å². The molecule has 4 nitrogen and oxygen atoms in total. The summed E-state index contributed by atoms with van der Waals surface area (Å²) in [5.74, 6) is -0.693. The molecular weight excluding hydrogens is 389 g/mol. The minimum atomic E-state index is -0.364.